The number of halogens is 4. The molecule has 0 amide bonds. The maximum atomic E-state index is 12.6. The van der Waals surface area contributed by atoms with E-state index in [0.717, 1.165) is 10.8 Å². The normalized spacial score (nSPS) is 18.6. The van der Waals surface area contributed by atoms with Crippen molar-refractivity contribution in [3.63, 3.8) is 0 Å². The van der Waals surface area contributed by atoms with E-state index in [9.17, 15) is 26.4 Å². The van der Waals surface area contributed by atoms with Crippen LogP contribution in [0.1, 0.15) is 12.8 Å². The lowest BCUT2D eigenvalue weighted by molar-refractivity contribution is -0.208. The first kappa shape index (κ1) is 19.7. The number of nitrogens with one attached hydrogen (secondary N) is 1. The zero-order valence-corrected chi connectivity index (χ0v) is 15.2. The van der Waals surface area contributed by atoms with E-state index in [1.54, 1.807) is 30.3 Å². The Hall–Kier alpha value is -2.04. The average Bonchev–Trinajstić information content (AvgIpc) is 3.03. The lowest BCUT2D eigenvalue weighted by atomic mass is 10.1. The third-order valence-electron chi connectivity index (χ3n) is 3.98. The maximum absolute atomic E-state index is 12.6. The van der Waals surface area contributed by atoms with Crippen molar-refractivity contribution in [3.05, 3.63) is 41.4 Å². The molecular weight excluding hydrogens is 409 g/mol. The molecule has 2 aromatic carbocycles. The monoisotopic (exact) mass is 422 g/mol. The van der Waals surface area contributed by atoms with Crippen LogP contribution in [0.4, 0.5) is 18.9 Å². The van der Waals surface area contributed by atoms with Crippen molar-refractivity contribution >= 4 is 44.2 Å². The molecule has 0 aliphatic carbocycles. The fourth-order valence-corrected chi connectivity index (χ4v) is 4.33. The average molecular weight is 423 g/mol. The van der Waals surface area contributed by atoms with Crippen molar-refractivity contribution in [2.45, 2.75) is 25.2 Å². The second kappa shape index (κ2) is 7.17. The van der Waals surface area contributed by atoms with Crippen LogP contribution < -0.4 is 4.72 Å². The molecule has 0 radical (unpaired) electrons. The Balaban J connectivity index is 1.79. The highest BCUT2D eigenvalue weighted by atomic mass is 35.5. The molecule has 1 atom stereocenters. The summed E-state index contributed by atoms with van der Waals surface area (Å²) in [5.41, 5.74) is 0.220. The Morgan fingerprint density at radius 3 is 2.56 bits per heavy atom. The van der Waals surface area contributed by atoms with E-state index in [0.29, 0.717) is 9.33 Å². The number of benzene rings is 2. The number of carbonyl (C=O) groups is 1. The molecule has 1 fully saturated rings. The topological polar surface area (TPSA) is 75.7 Å². The number of rotatable bonds is 4. The van der Waals surface area contributed by atoms with Gasteiger partial charge in [-0.3, -0.25) is 4.72 Å². The number of esters is 1. The first-order valence-corrected chi connectivity index (χ1v) is 9.65. The summed E-state index contributed by atoms with van der Waals surface area (Å²) in [6.45, 7) is -0.0612. The highest BCUT2D eigenvalue weighted by Crippen LogP contribution is 2.28. The van der Waals surface area contributed by atoms with Crippen LogP contribution in [0.3, 0.4) is 0 Å². The molecule has 0 unspecified atom stereocenters. The Labute approximate surface area is 158 Å². The van der Waals surface area contributed by atoms with E-state index in [1.165, 1.54) is 6.07 Å². The predicted octanol–water partition coefficient (Wildman–Crippen LogP) is 3.68. The number of hydrogen-bond acceptors (Lipinski definition) is 4. The van der Waals surface area contributed by atoms with E-state index in [-0.39, 0.29) is 25.1 Å². The number of fused-ring (bicyclic) bond motifs is 1. The van der Waals surface area contributed by atoms with Crippen LogP contribution >= 0.6 is 11.6 Å². The van der Waals surface area contributed by atoms with Crippen molar-refractivity contribution in [3.8, 4) is 0 Å². The molecular formula is C16H14ClF3N2O4S. The molecule has 3 rings (SSSR count). The summed E-state index contributed by atoms with van der Waals surface area (Å²) < 4.78 is 69.6. The standard InChI is InChI=1S/C16H14ClF3N2O4S/c17-12-5-3-11-9-13(6-4-10(11)8-12)21-27(24,25)22-7-1-2-14(22)26-15(23)16(18,19)20/h3-6,8-9,14,21H,1-2,7H2/t14-/m0/s1. The zero-order chi connectivity index (χ0) is 19.8. The van der Waals surface area contributed by atoms with E-state index < -0.39 is 28.6 Å². The molecule has 146 valence electrons. The number of alkyl halides is 3. The fraction of sp³-hybridized carbons (Fsp3) is 0.312. The van der Waals surface area contributed by atoms with Crippen LogP contribution in [0, 0.1) is 0 Å². The van der Waals surface area contributed by atoms with Crippen LogP contribution in [-0.4, -0.2) is 37.6 Å². The van der Waals surface area contributed by atoms with Crippen LogP contribution in [-0.2, 0) is 19.7 Å². The van der Waals surface area contributed by atoms with Crippen molar-refractivity contribution in [1.29, 1.82) is 0 Å². The Morgan fingerprint density at radius 1 is 1.19 bits per heavy atom. The molecule has 0 bridgehead atoms. The van der Waals surface area contributed by atoms with Gasteiger partial charge in [-0.15, -0.1) is 4.31 Å². The summed E-state index contributed by atoms with van der Waals surface area (Å²) >= 11 is 5.90. The SMILES string of the molecule is O=C(O[C@H]1CCCN1S(=O)(=O)Nc1ccc2cc(Cl)ccc2c1)C(F)(F)F. The molecule has 1 N–H and O–H groups in total. The van der Waals surface area contributed by atoms with Crippen molar-refractivity contribution < 1.29 is 31.1 Å². The smallest absolute Gasteiger partial charge is 0.439 e. The molecule has 6 nitrogen and oxygen atoms in total. The second-order valence-electron chi connectivity index (χ2n) is 5.92. The molecule has 2 aromatic rings. The quantitative estimate of drug-likeness (QED) is 0.763. The van der Waals surface area contributed by atoms with Gasteiger partial charge in [0.05, 0.1) is 5.69 Å². The number of ether oxygens (including phenoxy) is 1. The Kier molecular flexibility index (Phi) is 5.24. The minimum atomic E-state index is -5.19. The summed E-state index contributed by atoms with van der Waals surface area (Å²) in [6.07, 6.45) is -6.44. The molecule has 11 heteroatoms. The van der Waals surface area contributed by atoms with Crippen molar-refractivity contribution in [2.75, 3.05) is 11.3 Å². The van der Waals surface area contributed by atoms with Gasteiger partial charge in [0, 0.05) is 18.0 Å². The first-order valence-electron chi connectivity index (χ1n) is 7.83. The van der Waals surface area contributed by atoms with Crippen LogP contribution in [0.25, 0.3) is 10.8 Å². The molecule has 1 heterocycles. The van der Waals surface area contributed by atoms with Gasteiger partial charge in [0.25, 0.3) is 0 Å². The van der Waals surface area contributed by atoms with E-state index >= 15 is 0 Å². The third-order valence-corrected chi connectivity index (χ3v) is 5.75. The van der Waals surface area contributed by atoms with Gasteiger partial charge in [0.15, 0.2) is 6.23 Å². The molecule has 1 saturated heterocycles. The summed E-state index contributed by atoms with van der Waals surface area (Å²) in [6, 6.07) is 9.79. The van der Waals surface area contributed by atoms with Gasteiger partial charge in [0.1, 0.15) is 0 Å². The Morgan fingerprint density at radius 2 is 1.85 bits per heavy atom. The summed E-state index contributed by atoms with van der Waals surface area (Å²) in [4.78, 5) is 11.0. The fourth-order valence-electron chi connectivity index (χ4n) is 2.78. The number of nitrogens with zero attached hydrogens (tertiary/aromatic N) is 1. The lowest BCUT2D eigenvalue weighted by Crippen LogP contribution is -2.43. The second-order valence-corrected chi connectivity index (χ2v) is 7.98. The van der Waals surface area contributed by atoms with Crippen LogP contribution in [0.5, 0.6) is 0 Å². The first-order chi connectivity index (χ1) is 12.6. The van der Waals surface area contributed by atoms with Gasteiger partial charge in [-0.2, -0.15) is 21.6 Å². The summed E-state index contributed by atoms with van der Waals surface area (Å²) in [5.74, 6) is -2.42. The van der Waals surface area contributed by atoms with Gasteiger partial charge < -0.3 is 4.74 Å². The van der Waals surface area contributed by atoms with Gasteiger partial charge >= 0.3 is 22.4 Å². The minimum Gasteiger partial charge on any atom is -0.439 e. The molecule has 27 heavy (non-hydrogen) atoms. The van der Waals surface area contributed by atoms with E-state index in [2.05, 4.69) is 9.46 Å². The van der Waals surface area contributed by atoms with Crippen LogP contribution in [0.15, 0.2) is 36.4 Å². The maximum Gasteiger partial charge on any atom is 0.490 e. The van der Waals surface area contributed by atoms with Gasteiger partial charge in [-0.05, 0) is 41.5 Å². The third kappa shape index (κ3) is 4.45. The molecule has 0 saturated carbocycles. The predicted molar refractivity (Wildman–Crippen MR) is 93.4 cm³/mol. The highest BCUT2D eigenvalue weighted by Gasteiger charge is 2.45. The van der Waals surface area contributed by atoms with Gasteiger partial charge in [-0.1, -0.05) is 23.7 Å². The summed E-state index contributed by atoms with van der Waals surface area (Å²) in [5, 5.41) is 2.05. The summed E-state index contributed by atoms with van der Waals surface area (Å²) in [7, 11) is -4.22. The Bertz CT molecular complexity index is 981. The molecule has 0 aromatic heterocycles. The minimum absolute atomic E-state index is 0.0149. The van der Waals surface area contributed by atoms with Gasteiger partial charge in [0.2, 0.25) is 0 Å². The van der Waals surface area contributed by atoms with E-state index in [1.807, 2.05) is 0 Å². The largest absolute Gasteiger partial charge is 0.490 e. The van der Waals surface area contributed by atoms with Crippen molar-refractivity contribution in [2.24, 2.45) is 0 Å². The molecule has 1 aliphatic rings. The molecule has 0 spiro atoms. The number of carbonyl (C=O) groups excluding carboxylic acids is 1. The molecule has 1 aliphatic heterocycles. The van der Waals surface area contributed by atoms with Crippen LogP contribution in [0.2, 0.25) is 5.02 Å². The number of hydrogen-bond donors (Lipinski definition) is 1. The van der Waals surface area contributed by atoms with Gasteiger partial charge in [-0.25, -0.2) is 4.79 Å². The lowest BCUT2D eigenvalue weighted by Gasteiger charge is -2.24. The van der Waals surface area contributed by atoms with Crippen molar-refractivity contribution in [1.82, 2.24) is 4.31 Å². The highest BCUT2D eigenvalue weighted by molar-refractivity contribution is 7.90. The zero-order valence-electron chi connectivity index (χ0n) is 13.7. The van der Waals surface area contributed by atoms with E-state index in [4.69, 9.17) is 11.6 Å². The number of anilines is 1.